The van der Waals surface area contributed by atoms with Crippen LogP contribution in [0.25, 0.3) is 10.2 Å². The summed E-state index contributed by atoms with van der Waals surface area (Å²) in [6.07, 6.45) is 1.68. The van der Waals surface area contributed by atoms with Crippen LogP contribution in [0.4, 0.5) is 5.69 Å². The van der Waals surface area contributed by atoms with Crippen LogP contribution in [0.5, 0.6) is 0 Å². The van der Waals surface area contributed by atoms with Crippen molar-refractivity contribution in [1.29, 1.82) is 0 Å². The van der Waals surface area contributed by atoms with Crippen LogP contribution in [-0.4, -0.2) is 67.8 Å². The summed E-state index contributed by atoms with van der Waals surface area (Å²) in [5.41, 5.74) is 8.63. The lowest BCUT2D eigenvalue weighted by atomic mass is 10.0. The van der Waals surface area contributed by atoms with Crippen LogP contribution in [-0.2, 0) is 9.71 Å². The molecule has 4 heterocycles. The summed E-state index contributed by atoms with van der Waals surface area (Å²) in [7, 11) is -2.17. The summed E-state index contributed by atoms with van der Waals surface area (Å²) in [5.74, 6) is 4.44. The Bertz CT molecular complexity index is 1000. The topological polar surface area (TPSA) is 92.4 Å². The lowest BCUT2D eigenvalue weighted by molar-refractivity contribution is 0.0785. The van der Waals surface area contributed by atoms with Gasteiger partial charge in [-0.1, -0.05) is 0 Å². The van der Waals surface area contributed by atoms with Crippen LogP contribution < -0.4 is 5.73 Å². The molecule has 3 atom stereocenters. The number of carbonyl (C=O) groups is 1. The van der Waals surface area contributed by atoms with E-state index in [2.05, 4.69) is 16.1 Å². The van der Waals surface area contributed by atoms with Gasteiger partial charge < -0.3 is 10.6 Å². The van der Waals surface area contributed by atoms with E-state index in [0.29, 0.717) is 40.3 Å². The zero-order valence-electron chi connectivity index (χ0n) is 15.2. The average Bonchev–Trinajstić information content (AvgIpc) is 3.21. The Morgan fingerprint density at radius 3 is 2.42 bits per heavy atom. The maximum atomic E-state index is 13.1. The summed E-state index contributed by atoms with van der Waals surface area (Å²) in [6, 6.07) is 0. The summed E-state index contributed by atoms with van der Waals surface area (Å²) >= 11 is 1.32. The van der Waals surface area contributed by atoms with Crippen molar-refractivity contribution < 1.29 is 9.00 Å². The molecule has 26 heavy (non-hydrogen) atoms. The fourth-order valence-electron chi connectivity index (χ4n) is 3.97. The SMILES string of the molecule is C=S(C)(=O)N1CC2CN(C(=O)c3sc4nnc(C)c(C)c4c3N)CC2C1. The zero-order chi connectivity index (χ0) is 18.8. The summed E-state index contributed by atoms with van der Waals surface area (Å²) in [6.45, 7) is 6.67. The Balaban J connectivity index is 1.58. The van der Waals surface area contributed by atoms with Gasteiger partial charge in [-0.05, 0) is 37.1 Å². The number of nitrogens with zero attached hydrogens (tertiary/aromatic N) is 4. The highest BCUT2D eigenvalue weighted by molar-refractivity contribution is 7.97. The minimum absolute atomic E-state index is 0.0321. The Kier molecular flexibility index (Phi) is 4.01. The third kappa shape index (κ3) is 2.69. The molecular weight excluding hydrogens is 370 g/mol. The number of aromatic nitrogens is 2. The lowest BCUT2D eigenvalue weighted by Crippen LogP contribution is -2.35. The fraction of sp³-hybridized carbons (Fsp3) is 0.529. The van der Waals surface area contributed by atoms with Gasteiger partial charge in [0, 0.05) is 47.5 Å². The van der Waals surface area contributed by atoms with Crippen LogP contribution in [0, 0.1) is 25.7 Å². The molecule has 2 aromatic heterocycles. The molecule has 0 saturated carbocycles. The van der Waals surface area contributed by atoms with Crippen molar-refractivity contribution in [2.75, 3.05) is 38.2 Å². The molecule has 7 nitrogen and oxygen atoms in total. The Morgan fingerprint density at radius 2 is 1.85 bits per heavy atom. The second-order valence-corrected chi connectivity index (χ2v) is 10.9. The van der Waals surface area contributed by atoms with Crippen LogP contribution in [0.1, 0.15) is 20.9 Å². The number of aryl methyl sites for hydroxylation is 2. The summed E-state index contributed by atoms with van der Waals surface area (Å²) in [4.78, 5) is 16.2. The molecule has 9 heteroatoms. The van der Waals surface area contributed by atoms with Crippen molar-refractivity contribution in [2.24, 2.45) is 11.8 Å². The van der Waals surface area contributed by atoms with E-state index in [1.807, 2.05) is 23.1 Å². The number of hydrogen-bond acceptors (Lipinski definition) is 6. The normalized spacial score (nSPS) is 25.6. The van der Waals surface area contributed by atoms with Gasteiger partial charge in [0.15, 0.2) is 0 Å². The molecule has 140 valence electrons. The summed E-state index contributed by atoms with van der Waals surface area (Å²) in [5, 5.41) is 9.18. The Morgan fingerprint density at radius 1 is 1.23 bits per heavy atom. The van der Waals surface area contributed by atoms with E-state index in [9.17, 15) is 9.00 Å². The molecular formula is C17H23N5O2S2. The van der Waals surface area contributed by atoms with E-state index in [1.54, 1.807) is 6.26 Å². The first-order chi connectivity index (χ1) is 12.2. The number of thiophene rings is 1. The molecule has 0 aliphatic carbocycles. The Labute approximate surface area is 157 Å². The minimum Gasteiger partial charge on any atom is -0.397 e. The van der Waals surface area contributed by atoms with Crippen molar-refractivity contribution in [1.82, 2.24) is 19.4 Å². The van der Waals surface area contributed by atoms with Gasteiger partial charge in [0.1, 0.15) is 9.71 Å². The molecule has 2 aromatic rings. The number of fused-ring (bicyclic) bond motifs is 2. The standard InChI is InChI=1S/C17H23N5O2S2/c1-9-10(2)19-20-16-13(9)14(18)15(25-16)17(23)21-5-11-7-22(26(3,4)24)8-12(11)6-21/h11-12H,3,5-8,18H2,1-2,4H3. The van der Waals surface area contributed by atoms with Crippen molar-refractivity contribution in [2.45, 2.75) is 13.8 Å². The zero-order valence-corrected chi connectivity index (χ0v) is 16.8. The van der Waals surface area contributed by atoms with Crippen LogP contribution >= 0.6 is 11.3 Å². The molecule has 0 radical (unpaired) electrons. The van der Waals surface area contributed by atoms with Crippen molar-refractivity contribution in [3.63, 3.8) is 0 Å². The third-order valence-electron chi connectivity index (χ3n) is 5.62. The van der Waals surface area contributed by atoms with E-state index in [0.717, 1.165) is 29.7 Å². The molecule has 4 rings (SSSR count). The molecule has 0 aromatic carbocycles. The molecule has 2 saturated heterocycles. The average molecular weight is 394 g/mol. The number of amides is 1. The van der Waals surface area contributed by atoms with Crippen molar-refractivity contribution >= 4 is 48.7 Å². The largest absolute Gasteiger partial charge is 0.397 e. The van der Waals surface area contributed by atoms with E-state index in [1.165, 1.54) is 11.3 Å². The number of rotatable bonds is 2. The number of nitrogens with two attached hydrogens (primary N) is 1. The van der Waals surface area contributed by atoms with Gasteiger partial charge in [-0.15, -0.1) is 16.4 Å². The van der Waals surface area contributed by atoms with Gasteiger partial charge in [-0.3, -0.25) is 9.00 Å². The molecule has 2 N–H and O–H groups in total. The van der Waals surface area contributed by atoms with Crippen molar-refractivity contribution in [3.8, 4) is 0 Å². The van der Waals surface area contributed by atoms with E-state index in [-0.39, 0.29) is 5.91 Å². The van der Waals surface area contributed by atoms with Crippen LogP contribution in [0.3, 0.4) is 0 Å². The van der Waals surface area contributed by atoms with Gasteiger partial charge in [-0.2, -0.15) is 5.10 Å². The molecule has 0 spiro atoms. The molecule has 2 aliphatic heterocycles. The Hall–Kier alpha value is -1.71. The number of carbonyl (C=O) groups excluding carboxylic acids is 1. The quantitative estimate of drug-likeness (QED) is 0.773. The summed E-state index contributed by atoms with van der Waals surface area (Å²) < 4.78 is 14.1. The fourth-order valence-corrected chi connectivity index (χ4v) is 6.06. The second kappa shape index (κ2) is 5.90. The molecule has 0 bridgehead atoms. The molecule has 2 aliphatic rings. The first kappa shape index (κ1) is 17.7. The predicted molar refractivity (Wildman–Crippen MR) is 107 cm³/mol. The van der Waals surface area contributed by atoms with Crippen LogP contribution in [0.15, 0.2) is 0 Å². The van der Waals surface area contributed by atoms with Gasteiger partial charge in [0.25, 0.3) is 5.91 Å². The van der Waals surface area contributed by atoms with E-state index >= 15 is 0 Å². The highest BCUT2D eigenvalue weighted by Crippen LogP contribution is 2.38. The highest BCUT2D eigenvalue weighted by atomic mass is 32.2. The van der Waals surface area contributed by atoms with Crippen LogP contribution in [0.2, 0.25) is 0 Å². The van der Waals surface area contributed by atoms with E-state index < -0.39 is 9.71 Å². The third-order valence-corrected chi connectivity index (χ3v) is 8.08. The smallest absolute Gasteiger partial charge is 0.266 e. The van der Waals surface area contributed by atoms with Gasteiger partial charge in [0.2, 0.25) is 0 Å². The lowest BCUT2D eigenvalue weighted by Gasteiger charge is -2.22. The monoisotopic (exact) mass is 393 g/mol. The first-order valence-electron chi connectivity index (χ1n) is 8.55. The first-order valence-corrected chi connectivity index (χ1v) is 11.5. The van der Waals surface area contributed by atoms with Gasteiger partial charge in [-0.25, -0.2) is 4.31 Å². The molecule has 1 amide bonds. The van der Waals surface area contributed by atoms with E-state index in [4.69, 9.17) is 5.73 Å². The molecule has 2 fully saturated rings. The maximum Gasteiger partial charge on any atom is 0.266 e. The predicted octanol–water partition coefficient (Wildman–Crippen LogP) is 1.16. The second-order valence-electron chi connectivity index (χ2n) is 7.47. The highest BCUT2D eigenvalue weighted by Gasteiger charge is 2.43. The number of hydrogen-bond donors (Lipinski definition) is 1. The van der Waals surface area contributed by atoms with Gasteiger partial charge >= 0.3 is 0 Å². The number of anilines is 1. The molecule has 3 unspecified atom stereocenters. The number of nitrogen functional groups attached to an aromatic ring is 1. The minimum atomic E-state index is -2.17. The number of likely N-dealkylation sites (tertiary alicyclic amines) is 1. The van der Waals surface area contributed by atoms with Gasteiger partial charge in [0.05, 0.1) is 11.4 Å². The maximum absolute atomic E-state index is 13.1. The van der Waals surface area contributed by atoms with Crippen molar-refractivity contribution in [3.05, 3.63) is 16.1 Å².